The summed E-state index contributed by atoms with van der Waals surface area (Å²) in [6.45, 7) is 6.04. The maximum atomic E-state index is 13.9. The molecule has 1 atom stereocenters. The van der Waals surface area contributed by atoms with Crippen LogP contribution in [-0.4, -0.2) is 32.5 Å². The van der Waals surface area contributed by atoms with Gasteiger partial charge in [-0.05, 0) is 67.8 Å². The summed E-state index contributed by atoms with van der Waals surface area (Å²) in [6, 6.07) is 20.8. The summed E-state index contributed by atoms with van der Waals surface area (Å²) in [5, 5.41) is 0. The van der Waals surface area contributed by atoms with Crippen LogP contribution in [0.5, 0.6) is 0 Å². The number of carbonyl (C=O) groups is 2. The van der Waals surface area contributed by atoms with Gasteiger partial charge in [-0.3, -0.25) is 14.5 Å². The first-order valence-corrected chi connectivity index (χ1v) is 10.8. The van der Waals surface area contributed by atoms with Crippen LogP contribution in [0.1, 0.15) is 28.3 Å². The molecule has 0 spiro atoms. The van der Waals surface area contributed by atoms with E-state index in [0.717, 1.165) is 39.3 Å². The van der Waals surface area contributed by atoms with Crippen molar-refractivity contribution >= 4 is 28.9 Å². The lowest BCUT2D eigenvalue weighted by Gasteiger charge is -2.41. The van der Waals surface area contributed by atoms with E-state index in [1.54, 1.807) is 9.80 Å². The minimum atomic E-state index is -0.728. The lowest BCUT2D eigenvalue weighted by Crippen LogP contribution is -2.56. The molecule has 0 radical (unpaired) electrons. The lowest BCUT2D eigenvalue weighted by molar-refractivity contribution is -0.128. The van der Waals surface area contributed by atoms with Gasteiger partial charge in [0.2, 0.25) is 5.91 Å². The number of benzene rings is 3. The largest absolute Gasteiger partial charge is 0.378 e. The van der Waals surface area contributed by atoms with Gasteiger partial charge in [-0.1, -0.05) is 42.0 Å². The Bertz CT molecular complexity index is 1150. The number of carbonyl (C=O) groups excluding carboxylic acids is 2. The van der Waals surface area contributed by atoms with Crippen molar-refractivity contribution in [1.29, 1.82) is 0 Å². The molecule has 2 amide bonds. The van der Waals surface area contributed by atoms with Crippen molar-refractivity contribution in [2.75, 3.05) is 35.3 Å². The molecule has 1 saturated heterocycles. The number of rotatable bonds is 4. The fourth-order valence-corrected chi connectivity index (χ4v) is 4.15. The first kappa shape index (κ1) is 21.6. The Morgan fingerprint density at radius 2 is 1.50 bits per heavy atom. The van der Waals surface area contributed by atoms with Crippen LogP contribution in [0.3, 0.4) is 0 Å². The number of amides is 2. The molecule has 0 saturated carbocycles. The van der Waals surface area contributed by atoms with E-state index in [1.165, 1.54) is 0 Å². The van der Waals surface area contributed by atoms with Crippen molar-refractivity contribution in [3.8, 4) is 0 Å². The molecule has 0 aromatic heterocycles. The first-order chi connectivity index (χ1) is 15.3. The Labute approximate surface area is 189 Å². The zero-order valence-electron chi connectivity index (χ0n) is 19.3. The van der Waals surface area contributed by atoms with Crippen LogP contribution >= 0.6 is 0 Å². The van der Waals surface area contributed by atoms with Crippen LogP contribution in [0.4, 0.5) is 17.1 Å². The third-order valence-corrected chi connectivity index (χ3v) is 6.23. The van der Waals surface area contributed by atoms with E-state index in [2.05, 4.69) is 0 Å². The molecule has 1 aliphatic rings. The second-order valence-corrected chi connectivity index (χ2v) is 8.63. The van der Waals surface area contributed by atoms with E-state index in [-0.39, 0.29) is 18.4 Å². The van der Waals surface area contributed by atoms with Crippen LogP contribution in [0, 0.1) is 20.8 Å². The van der Waals surface area contributed by atoms with Crippen LogP contribution in [0.2, 0.25) is 0 Å². The van der Waals surface area contributed by atoms with Crippen LogP contribution in [-0.2, 0) is 9.59 Å². The molecular formula is C27H29N3O2. The lowest BCUT2D eigenvalue weighted by atomic mass is 9.97. The summed E-state index contributed by atoms with van der Waals surface area (Å²) in [5.41, 5.74) is 6.57. The van der Waals surface area contributed by atoms with E-state index >= 15 is 0 Å². The van der Waals surface area contributed by atoms with Crippen LogP contribution in [0.25, 0.3) is 0 Å². The molecule has 1 fully saturated rings. The number of aryl methyl sites for hydroxylation is 2. The fourth-order valence-electron chi connectivity index (χ4n) is 4.15. The van der Waals surface area contributed by atoms with Crippen molar-refractivity contribution < 1.29 is 9.59 Å². The molecule has 0 N–H and O–H groups in total. The molecule has 5 nitrogen and oxygen atoms in total. The zero-order chi connectivity index (χ0) is 23.0. The van der Waals surface area contributed by atoms with Crippen molar-refractivity contribution in [3.05, 3.63) is 89.0 Å². The molecule has 1 heterocycles. The van der Waals surface area contributed by atoms with Crippen molar-refractivity contribution in [1.82, 2.24) is 0 Å². The van der Waals surface area contributed by atoms with Crippen molar-refractivity contribution in [3.63, 3.8) is 0 Å². The average Bonchev–Trinajstić information content (AvgIpc) is 2.78. The number of piperazine rings is 1. The Kier molecular flexibility index (Phi) is 5.74. The predicted molar refractivity (Wildman–Crippen MR) is 130 cm³/mol. The van der Waals surface area contributed by atoms with Gasteiger partial charge >= 0.3 is 0 Å². The topological polar surface area (TPSA) is 43.9 Å². The monoisotopic (exact) mass is 427 g/mol. The maximum Gasteiger partial charge on any atom is 0.255 e. The fraction of sp³-hybridized carbons (Fsp3) is 0.259. The number of hydrogen-bond donors (Lipinski definition) is 0. The molecule has 0 bridgehead atoms. The molecule has 0 aliphatic carbocycles. The second kappa shape index (κ2) is 8.50. The van der Waals surface area contributed by atoms with Gasteiger partial charge in [0.1, 0.15) is 12.6 Å². The Balaban J connectivity index is 1.83. The van der Waals surface area contributed by atoms with Crippen LogP contribution in [0.15, 0.2) is 66.7 Å². The van der Waals surface area contributed by atoms with Gasteiger partial charge in [0.25, 0.3) is 5.91 Å². The van der Waals surface area contributed by atoms with Crippen LogP contribution < -0.4 is 14.7 Å². The van der Waals surface area contributed by atoms with Gasteiger partial charge < -0.3 is 9.80 Å². The smallest absolute Gasteiger partial charge is 0.255 e. The van der Waals surface area contributed by atoms with Gasteiger partial charge in [-0.2, -0.15) is 0 Å². The highest BCUT2D eigenvalue weighted by Crippen LogP contribution is 2.37. The molecule has 4 rings (SSSR count). The normalized spacial score (nSPS) is 16.5. The Morgan fingerprint density at radius 3 is 2.12 bits per heavy atom. The predicted octanol–water partition coefficient (Wildman–Crippen LogP) is 4.80. The van der Waals surface area contributed by atoms with Gasteiger partial charge in [-0.25, -0.2) is 0 Å². The van der Waals surface area contributed by atoms with Gasteiger partial charge in [0.05, 0.1) is 0 Å². The zero-order valence-corrected chi connectivity index (χ0v) is 19.3. The minimum Gasteiger partial charge on any atom is -0.378 e. The molecule has 1 aliphatic heterocycles. The summed E-state index contributed by atoms with van der Waals surface area (Å²) in [6.07, 6.45) is 0. The summed E-state index contributed by atoms with van der Waals surface area (Å²) < 4.78 is 0. The van der Waals surface area contributed by atoms with E-state index in [0.29, 0.717) is 0 Å². The number of nitrogens with zero attached hydrogens (tertiary/aromatic N) is 3. The maximum absolute atomic E-state index is 13.9. The van der Waals surface area contributed by atoms with Gasteiger partial charge in [0.15, 0.2) is 0 Å². The highest BCUT2D eigenvalue weighted by atomic mass is 16.2. The molecule has 3 aromatic rings. The van der Waals surface area contributed by atoms with Crippen molar-refractivity contribution in [2.24, 2.45) is 0 Å². The van der Waals surface area contributed by atoms with E-state index in [1.807, 2.05) is 106 Å². The summed E-state index contributed by atoms with van der Waals surface area (Å²) >= 11 is 0. The van der Waals surface area contributed by atoms with Gasteiger partial charge in [-0.15, -0.1) is 0 Å². The summed E-state index contributed by atoms with van der Waals surface area (Å²) in [4.78, 5) is 32.7. The Morgan fingerprint density at radius 1 is 0.844 bits per heavy atom. The quantitative estimate of drug-likeness (QED) is 0.601. The number of hydrogen-bond acceptors (Lipinski definition) is 3. The highest BCUT2D eigenvalue weighted by Gasteiger charge is 2.42. The molecule has 5 heteroatoms. The summed E-state index contributed by atoms with van der Waals surface area (Å²) in [5.74, 6) is -0.201. The standard InChI is InChI=1S/C27H29N3O2/c1-18-9-13-23(14-10-18)29-17-25(31)30(24-8-6-7-19(2)20(24)3)26(27(29)32)21-11-15-22(16-12-21)28(4)5/h6-16,26H,17H2,1-5H3/t26-/m0/s1. The first-order valence-electron chi connectivity index (χ1n) is 10.8. The molecule has 0 unspecified atom stereocenters. The number of anilines is 3. The minimum absolute atomic E-state index is 0.0154. The third kappa shape index (κ3) is 3.86. The average molecular weight is 428 g/mol. The summed E-state index contributed by atoms with van der Waals surface area (Å²) in [7, 11) is 3.96. The van der Waals surface area contributed by atoms with E-state index < -0.39 is 6.04 Å². The van der Waals surface area contributed by atoms with E-state index in [4.69, 9.17) is 0 Å². The molecule has 164 valence electrons. The highest BCUT2D eigenvalue weighted by molar-refractivity contribution is 6.14. The van der Waals surface area contributed by atoms with E-state index in [9.17, 15) is 9.59 Å². The van der Waals surface area contributed by atoms with Crippen molar-refractivity contribution in [2.45, 2.75) is 26.8 Å². The SMILES string of the molecule is Cc1ccc(N2CC(=O)N(c3cccc(C)c3C)[C@@H](c3ccc(N(C)C)cc3)C2=O)cc1. The Hall–Kier alpha value is -3.60. The molecular weight excluding hydrogens is 398 g/mol. The van der Waals surface area contributed by atoms with Gasteiger partial charge in [0, 0.05) is 31.2 Å². The molecule has 3 aromatic carbocycles. The second-order valence-electron chi connectivity index (χ2n) is 8.63. The molecule has 32 heavy (non-hydrogen) atoms. The third-order valence-electron chi connectivity index (χ3n) is 6.23.